The number of hydrogen-bond acceptors (Lipinski definition) is 5. The summed E-state index contributed by atoms with van der Waals surface area (Å²) in [7, 11) is 0. The molecule has 1 unspecified atom stereocenters. The van der Waals surface area contributed by atoms with Gasteiger partial charge in [-0.05, 0) is 59.2 Å². The maximum atomic E-state index is 14.1. The van der Waals surface area contributed by atoms with Gasteiger partial charge in [-0.25, -0.2) is 8.78 Å². The van der Waals surface area contributed by atoms with Crippen LogP contribution in [0.2, 0.25) is 0 Å². The van der Waals surface area contributed by atoms with Gasteiger partial charge in [0.05, 0.1) is 11.1 Å². The lowest BCUT2D eigenvalue weighted by Crippen LogP contribution is -3.00. The van der Waals surface area contributed by atoms with E-state index in [9.17, 15) is 24.1 Å². The minimum absolute atomic E-state index is 0. The van der Waals surface area contributed by atoms with Gasteiger partial charge in [0.2, 0.25) is 0 Å². The van der Waals surface area contributed by atoms with Crippen molar-refractivity contribution in [1.29, 1.82) is 10.5 Å². The Bertz CT molecular complexity index is 1360. The van der Waals surface area contributed by atoms with Crippen molar-refractivity contribution in [3.63, 3.8) is 0 Å². The van der Waals surface area contributed by atoms with Crippen LogP contribution in [0.5, 0.6) is 0 Å². The van der Waals surface area contributed by atoms with Crippen LogP contribution >= 0.6 is 0 Å². The predicted octanol–water partition coefficient (Wildman–Crippen LogP) is 2.48. The number of carbonyl (C=O) groups excluding carboxylic acids is 1. The molecule has 1 aliphatic heterocycles. The molecule has 0 radical (unpaired) electrons. The molecule has 1 atom stereocenters. The second-order valence-corrected chi connectivity index (χ2v) is 9.45. The standard InChI is InChI=1S/C29H27F2N4O2.ClH/c30-27-8-6-21(14-24(27)17-32)15-26(23-7-9-28(31)25(16-23)18-33)22-10-12-35(34,13-11-22)29(36)37-19-20-4-2-1-3-5-20;/h1-9,14,16,22,26H,10-13,15,19,34H2;1H/q+1;/p-1. The van der Waals surface area contributed by atoms with Crippen molar-refractivity contribution < 1.29 is 35.3 Å². The van der Waals surface area contributed by atoms with E-state index in [2.05, 4.69) is 0 Å². The number of quaternary nitrogens is 1. The molecule has 0 aliphatic carbocycles. The third-order valence-electron chi connectivity index (χ3n) is 7.08. The van der Waals surface area contributed by atoms with Crippen LogP contribution in [0.15, 0.2) is 66.7 Å². The van der Waals surface area contributed by atoms with E-state index in [1.54, 1.807) is 18.2 Å². The number of amides is 1. The minimum atomic E-state index is -0.596. The Morgan fingerprint density at radius 1 is 0.947 bits per heavy atom. The number of benzene rings is 3. The van der Waals surface area contributed by atoms with Gasteiger partial charge in [-0.1, -0.05) is 42.5 Å². The third kappa shape index (κ3) is 6.54. The zero-order valence-corrected chi connectivity index (χ0v) is 21.4. The van der Waals surface area contributed by atoms with Crippen molar-refractivity contribution in [1.82, 2.24) is 0 Å². The molecule has 1 aliphatic rings. The first-order chi connectivity index (χ1) is 17.8. The van der Waals surface area contributed by atoms with Gasteiger partial charge < -0.3 is 17.1 Å². The van der Waals surface area contributed by atoms with E-state index in [0.29, 0.717) is 32.4 Å². The number of nitriles is 2. The zero-order chi connectivity index (χ0) is 26.4. The van der Waals surface area contributed by atoms with Crippen LogP contribution in [0.4, 0.5) is 13.6 Å². The Kier molecular flexibility index (Phi) is 9.55. The van der Waals surface area contributed by atoms with E-state index in [1.807, 2.05) is 42.5 Å². The monoisotopic (exact) mass is 536 g/mol. The largest absolute Gasteiger partial charge is 1.00 e. The number of likely N-dealkylation sites (tertiary alicyclic amines) is 1. The molecule has 1 saturated heterocycles. The van der Waals surface area contributed by atoms with Gasteiger partial charge in [0.15, 0.2) is 0 Å². The second-order valence-electron chi connectivity index (χ2n) is 9.45. The molecule has 2 N–H and O–H groups in total. The highest BCUT2D eigenvalue weighted by molar-refractivity contribution is 5.59. The summed E-state index contributed by atoms with van der Waals surface area (Å²) in [6.45, 7) is 0.850. The van der Waals surface area contributed by atoms with Gasteiger partial charge in [-0.3, -0.25) is 0 Å². The molecule has 1 heterocycles. The van der Waals surface area contributed by atoms with Gasteiger partial charge in [-0.2, -0.15) is 21.2 Å². The number of carbonyl (C=O) groups is 1. The van der Waals surface area contributed by atoms with Crippen LogP contribution in [0.3, 0.4) is 0 Å². The fourth-order valence-corrected chi connectivity index (χ4v) is 4.94. The van der Waals surface area contributed by atoms with Crippen LogP contribution < -0.4 is 18.2 Å². The van der Waals surface area contributed by atoms with Crippen LogP contribution in [0.1, 0.15) is 46.6 Å². The fourth-order valence-electron chi connectivity index (χ4n) is 4.94. The van der Waals surface area contributed by atoms with Crippen molar-refractivity contribution in [2.24, 2.45) is 11.8 Å². The molecule has 3 aromatic carbocycles. The van der Waals surface area contributed by atoms with Gasteiger partial charge in [0, 0.05) is 12.8 Å². The molecule has 0 spiro atoms. The van der Waals surface area contributed by atoms with E-state index in [1.165, 1.54) is 18.2 Å². The quantitative estimate of drug-likeness (QED) is 0.296. The lowest BCUT2D eigenvalue weighted by molar-refractivity contribution is -0.876. The second kappa shape index (κ2) is 12.6. The van der Waals surface area contributed by atoms with Gasteiger partial charge in [-0.15, -0.1) is 4.59 Å². The molecule has 1 amide bonds. The SMILES string of the molecule is N#Cc1cc(CC(c2ccc(F)c(C#N)c2)C2CC[N+](N)(C(=O)OCc3ccccc3)CC2)ccc1F.[Cl-]. The summed E-state index contributed by atoms with van der Waals surface area (Å²) in [5.74, 6) is 5.15. The Labute approximate surface area is 226 Å². The fraction of sp³-hybridized carbons (Fsp3) is 0.276. The van der Waals surface area contributed by atoms with E-state index < -0.39 is 17.7 Å². The molecule has 6 nitrogen and oxygen atoms in total. The highest BCUT2D eigenvalue weighted by atomic mass is 35.5. The molecule has 3 aromatic rings. The van der Waals surface area contributed by atoms with Crippen molar-refractivity contribution in [3.05, 3.63) is 106 Å². The summed E-state index contributed by atoms with van der Waals surface area (Å²) < 4.78 is 33.1. The summed E-state index contributed by atoms with van der Waals surface area (Å²) in [5, 5.41) is 18.6. The first-order valence-corrected chi connectivity index (χ1v) is 12.1. The van der Waals surface area contributed by atoms with Crippen LogP contribution in [0.25, 0.3) is 0 Å². The summed E-state index contributed by atoms with van der Waals surface area (Å²) in [6.07, 6.45) is 1.14. The van der Waals surface area contributed by atoms with Crippen molar-refractivity contribution in [3.8, 4) is 12.1 Å². The maximum Gasteiger partial charge on any atom is 0.536 e. The number of nitrogens with zero attached hydrogens (tertiary/aromatic N) is 3. The molecule has 1 fully saturated rings. The molecule has 0 bridgehead atoms. The highest BCUT2D eigenvalue weighted by Crippen LogP contribution is 2.37. The Hall–Kier alpha value is -3.82. The zero-order valence-electron chi connectivity index (χ0n) is 20.6. The normalized spacial score (nSPS) is 19.3. The summed E-state index contributed by atoms with van der Waals surface area (Å²) in [4.78, 5) is 12.8. The lowest BCUT2D eigenvalue weighted by Gasteiger charge is -2.38. The molecular weight excluding hydrogens is 510 g/mol. The Morgan fingerprint density at radius 2 is 1.55 bits per heavy atom. The summed E-state index contributed by atoms with van der Waals surface area (Å²) in [5.41, 5.74) is 2.30. The summed E-state index contributed by atoms with van der Waals surface area (Å²) in [6, 6.07) is 22.0. The van der Waals surface area contributed by atoms with E-state index in [4.69, 9.17) is 10.6 Å². The third-order valence-corrected chi connectivity index (χ3v) is 7.08. The number of halogens is 3. The number of nitrogens with two attached hydrogens (primary N) is 1. The topological polar surface area (TPSA) is 99.9 Å². The average molecular weight is 537 g/mol. The maximum absolute atomic E-state index is 14.1. The number of hydrogen-bond donors (Lipinski definition) is 1. The molecule has 4 rings (SSSR count). The van der Waals surface area contributed by atoms with Crippen LogP contribution in [-0.4, -0.2) is 23.8 Å². The number of rotatable bonds is 6. The number of ether oxygens (including phenoxy) is 1. The average Bonchev–Trinajstić information content (AvgIpc) is 2.92. The first kappa shape index (κ1) is 28.7. The minimum Gasteiger partial charge on any atom is -1.00 e. The van der Waals surface area contributed by atoms with Crippen LogP contribution in [0, 0.1) is 40.2 Å². The van der Waals surface area contributed by atoms with Gasteiger partial charge >= 0.3 is 6.09 Å². The molecule has 0 saturated carbocycles. The molecule has 196 valence electrons. The van der Waals surface area contributed by atoms with Crippen molar-refractivity contribution >= 4 is 6.09 Å². The summed E-state index contributed by atoms with van der Waals surface area (Å²) >= 11 is 0. The van der Waals surface area contributed by atoms with Gasteiger partial charge in [0.25, 0.3) is 0 Å². The van der Waals surface area contributed by atoms with Crippen molar-refractivity contribution in [2.75, 3.05) is 13.1 Å². The molecule has 9 heteroatoms. The highest BCUT2D eigenvalue weighted by Gasteiger charge is 2.42. The number of piperidine rings is 1. The first-order valence-electron chi connectivity index (χ1n) is 12.1. The van der Waals surface area contributed by atoms with E-state index in [0.717, 1.165) is 16.7 Å². The molecular formula is C29H27ClF2N4O2. The molecule has 0 aromatic heterocycles. The van der Waals surface area contributed by atoms with Crippen molar-refractivity contribution in [2.45, 2.75) is 31.8 Å². The lowest BCUT2D eigenvalue weighted by atomic mass is 9.76. The molecule has 38 heavy (non-hydrogen) atoms. The smallest absolute Gasteiger partial charge is 0.536 e. The van der Waals surface area contributed by atoms with E-state index in [-0.39, 0.29) is 46.6 Å². The van der Waals surface area contributed by atoms with E-state index >= 15 is 0 Å². The van der Waals surface area contributed by atoms with Crippen LogP contribution in [-0.2, 0) is 17.8 Å². The predicted molar refractivity (Wildman–Crippen MR) is 132 cm³/mol. The van der Waals surface area contributed by atoms with Gasteiger partial charge in [0.1, 0.15) is 43.5 Å². The Morgan fingerprint density at radius 3 is 2.18 bits per heavy atom. The Balaban J connectivity index is 0.00000400.